The van der Waals surface area contributed by atoms with Crippen LogP contribution < -0.4 is 19.7 Å². The maximum absolute atomic E-state index is 13.2. The molecule has 1 saturated heterocycles. The number of carbonyl (C=O) groups excluding carboxylic acids is 2. The van der Waals surface area contributed by atoms with Crippen LogP contribution in [0.15, 0.2) is 108 Å². The maximum atomic E-state index is 13.2. The zero-order valence-electron chi connectivity index (χ0n) is 20.4. The summed E-state index contributed by atoms with van der Waals surface area (Å²) in [4.78, 5) is 27.5. The number of rotatable bonds is 8. The van der Waals surface area contributed by atoms with Crippen molar-refractivity contribution in [3.05, 3.63) is 119 Å². The molecule has 0 aromatic heterocycles. The Bertz CT molecular complexity index is 1560. The van der Waals surface area contributed by atoms with Crippen molar-refractivity contribution < 1.29 is 19.1 Å². The van der Waals surface area contributed by atoms with E-state index in [-0.39, 0.29) is 18.4 Å². The summed E-state index contributed by atoms with van der Waals surface area (Å²) in [5, 5.41) is 3.27. The van der Waals surface area contributed by atoms with Crippen molar-refractivity contribution >= 4 is 69.2 Å². The lowest BCUT2D eigenvalue weighted by Gasteiger charge is -2.15. The van der Waals surface area contributed by atoms with Crippen LogP contribution in [0.4, 0.5) is 11.4 Å². The third-order valence-electron chi connectivity index (χ3n) is 5.50. The Hall–Kier alpha value is -4.11. The lowest BCUT2D eigenvalue weighted by Crippen LogP contribution is -2.27. The molecule has 1 aliphatic rings. The fourth-order valence-electron chi connectivity index (χ4n) is 3.74. The van der Waals surface area contributed by atoms with Crippen molar-refractivity contribution in [2.24, 2.45) is 0 Å². The summed E-state index contributed by atoms with van der Waals surface area (Å²) in [7, 11) is 0. The molecule has 6 nitrogen and oxygen atoms in total. The average Bonchev–Trinajstić information content (AvgIpc) is 3.21. The van der Waals surface area contributed by atoms with Gasteiger partial charge >= 0.3 is 0 Å². The number of para-hydroxylation sites is 1. The van der Waals surface area contributed by atoms with E-state index < -0.39 is 0 Å². The maximum Gasteiger partial charge on any atom is 0.270 e. The second-order valence-corrected chi connectivity index (χ2v) is 10.5. The second-order valence-electron chi connectivity index (χ2n) is 8.35. The molecule has 1 fully saturated rings. The minimum Gasteiger partial charge on any atom is -0.484 e. The molecule has 0 spiro atoms. The minimum absolute atomic E-state index is 0.179. The smallest absolute Gasteiger partial charge is 0.270 e. The monoisotopic (exact) mass is 572 g/mol. The van der Waals surface area contributed by atoms with Gasteiger partial charge < -0.3 is 14.8 Å². The first-order chi connectivity index (χ1) is 18.9. The van der Waals surface area contributed by atoms with E-state index in [1.54, 1.807) is 72.8 Å². The van der Waals surface area contributed by atoms with Crippen LogP contribution in [0.1, 0.15) is 5.56 Å². The minimum atomic E-state index is -0.316. The zero-order valence-corrected chi connectivity index (χ0v) is 22.8. The molecule has 0 saturated carbocycles. The number of hydrogen-bond acceptors (Lipinski definition) is 6. The largest absolute Gasteiger partial charge is 0.484 e. The zero-order chi connectivity index (χ0) is 27.2. The van der Waals surface area contributed by atoms with Crippen molar-refractivity contribution in [2.75, 3.05) is 16.8 Å². The molecule has 1 aliphatic heterocycles. The van der Waals surface area contributed by atoms with E-state index in [2.05, 4.69) is 5.32 Å². The standard InChI is InChI=1S/C30H21ClN2O4S2/c31-21-7-5-8-22(18-21)32-28(34)19-36-26-11-4-6-20(16-26)17-27-29(35)33(30(38)39-27)23-12-14-25(15-13-23)37-24-9-2-1-3-10-24/h1-18H,19H2,(H,32,34)/b27-17-. The molecule has 4 aromatic rings. The Labute approximate surface area is 240 Å². The third-order valence-corrected chi connectivity index (χ3v) is 7.04. The van der Waals surface area contributed by atoms with Crippen LogP contribution in [-0.2, 0) is 9.59 Å². The summed E-state index contributed by atoms with van der Waals surface area (Å²) in [5.74, 6) is 1.35. The fourth-order valence-corrected chi connectivity index (χ4v) is 5.23. The third kappa shape index (κ3) is 6.86. The number of thioether (sulfide) groups is 1. The first kappa shape index (κ1) is 26.5. The molecule has 0 unspecified atom stereocenters. The first-order valence-electron chi connectivity index (χ1n) is 11.8. The van der Waals surface area contributed by atoms with Gasteiger partial charge in [0, 0.05) is 10.7 Å². The number of nitrogens with one attached hydrogen (secondary N) is 1. The molecule has 5 rings (SSSR count). The van der Waals surface area contributed by atoms with Crippen molar-refractivity contribution in [1.82, 2.24) is 0 Å². The van der Waals surface area contributed by atoms with Gasteiger partial charge in [-0.15, -0.1) is 0 Å². The molecule has 2 amide bonds. The highest BCUT2D eigenvalue weighted by atomic mass is 35.5. The molecular weight excluding hydrogens is 552 g/mol. The number of carbonyl (C=O) groups is 2. The van der Waals surface area contributed by atoms with Gasteiger partial charge in [-0.2, -0.15) is 0 Å². The quantitative estimate of drug-likeness (QED) is 0.174. The van der Waals surface area contributed by atoms with Crippen LogP contribution in [0.25, 0.3) is 6.08 Å². The van der Waals surface area contributed by atoms with Crippen molar-refractivity contribution in [1.29, 1.82) is 0 Å². The molecule has 0 aliphatic carbocycles. The molecular formula is C30H21ClN2O4S2. The van der Waals surface area contributed by atoms with E-state index in [0.29, 0.717) is 37.1 Å². The van der Waals surface area contributed by atoms with Gasteiger partial charge in [0.2, 0.25) is 0 Å². The van der Waals surface area contributed by atoms with Gasteiger partial charge in [-0.1, -0.05) is 72.0 Å². The SMILES string of the molecule is O=C(COc1cccc(/C=C2\SC(=S)N(c3ccc(Oc4ccccc4)cc3)C2=O)c1)Nc1cccc(Cl)c1. The highest BCUT2D eigenvalue weighted by molar-refractivity contribution is 8.27. The van der Waals surface area contributed by atoms with Gasteiger partial charge in [-0.05, 0) is 78.4 Å². The molecule has 39 heavy (non-hydrogen) atoms. The van der Waals surface area contributed by atoms with Gasteiger partial charge in [0.1, 0.15) is 17.2 Å². The predicted octanol–water partition coefficient (Wildman–Crippen LogP) is 7.56. The topological polar surface area (TPSA) is 67.9 Å². The summed E-state index contributed by atoms with van der Waals surface area (Å²) in [6.07, 6.45) is 1.76. The summed E-state index contributed by atoms with van der Waals surface area (Å²) < 4.78 is 11.9. The van der Waals surface area contributed by atoms with E-state index in [1.165, 1.54) is 16.7 Å². The summed E-state index contributed by atoms with van der Waals surface area (Å²) in [5.41, 5.74) is 1.99. The highest BCUT2D eigenvalue weighted by Gasteiger charge is 2.33. The summed E-state index contributed by atoms with van der Waals surface area (Å²) in [6.45, 7) is -0.179. The Balaban J connectivity index is 1.22. The highest BCUT2D eigenvalue weighted by Crippen LogP contribution is 2.37. The van der Waals surface area contributed by atoms with Crippen molar-refractivity contribution in [2.45, 2.75) is 0 Å². The lowest BCUT2D eigenvalue weighted by molar-refractivity contribution is -0.118. The Kier molecular flexibility index (Phi) is 8.27. The Morgan fingerprint density at radius 1 is 0.897 bits per heavy atom. The molecule has 0 radical (unpaired) electrons. The molecule has 9 heteroatoms. The second kappa shape index (κ2) is 12.2. The number of nitrogens with zero attached hydrogens (tertiary/aromatic N) is 1. The summed E-state index contributed by atoms with van der Waals surface area (Å²) >= 11 is 12.7. The van der Waals surface area contributed by atoms with Gasteiger partial charge in [-0.25, -0.2) is 0 Å². The van der Waals surface area contributed by atoms with Crippen LogP contribution in [0, 0.1) is 0 Å². The van der Waals surface area contributed by atoms with Crippen LogP contribution in [0.3, 0.4) is 0 Å². The van der Waals surface area contributed by atoms with E-state index >= 15 is 0 Å². The molecule has 1 heterocycles. The lowest BCUT2D eigenvalue weighted by atomic mass is 10.2. The fraction of sp³-hybridized carbons (Fsp3) is 0.0333. The first-order valence-corrected chi connectivity index (χ1v) is 13.4. The van der Waals surface area contributed by atoms with Crippen LogP contribution in [0.2, 0.25) is 5.02 Å². The van der Waals surface area contributed by atoms with Crippen LogP contribution >= 0.6 is 35.6 Å². The van der Waals surface area contributed by atoms with Gasteiger partial charge in [-0.3, -0.25) is 14.5 Å². The van der Waals surface area contributed by atoms with Gasteiger partial charge in [0.25, 0.3) is 11.8 Å². The predicted molar refractivity (Wildman–Crippen MR) is 161 cm³/mol. The molecule has 194 valence electrons. The van der Waals surface area contributed by atoms with E-state index in [9.17, 15) is 9.59 Å². The van der Waals surface area contributed by atoms with Crippen molar-refractivity contribution in [3.63, 3.8) is 0 Å². The van der Waals surface area contributed by atoms with E-state index in [4.69, 9.17) is 33.3 Å². The molecule has 0 bridgehead atoms. The van der Waals surface area contributed by atoms with Crippen LogP contribution in [0.5, 0.6) is 17.2 Å². The normalized spacial score (nSPS) is 14.0. The number of thiocarbonyl (C=S) groups is 1. The number of amides is 2. The van der Waals surface area contributed by atoms with E-state index in [1.807, 2.05) is 36.4 Å². The number of halogens is 1. The Morgan fingerprint density at radius 2 is 1.62 bits per heavy atom. The number of anilines is 2. The number of benzene rings is 4. The van der Waals surface area contributed by atoms with E-state index in [0.717, 1.165) is 11.3 Å². The van der Waals surface area contributed by atoms with Gasteiger partial charge in [0.05, 0.1) is 10.6 Å². The van der Waals surface area contributed by atoms with Crippen LogP contribution in [-0.4, -0.2) is 22.7 Å². The molecule has 1 N–H and O–H groups in total. The van der Waals surface area contributed by atoms with Crippen molar-refractivity contribution in [3.8, 4) is 17.2 Å². The Morgan fingerprint density at radius 3 is 2.38 bits per heavy atom. The average molecular weight is 573 g/mol. The summed E-state index contributed by atoms with van der Waals surface area (Å²) in [6, 6.07) is 30.7. The number of ether oxygens (including phenoxy) is 2. The molecule has 4 aromatic carbocycles. The number of hydrogen-bond donors (Lipinski definition) is 1. The van der Waals surface area contributed by atoms with Gasteiger partial charge in [0.15, 0.2) is 10.9 Å². The molecule has 0 atom stereocenters.